The van der Waals surface area contributed by atoms with Gasteiger partial charge in [0.2, 0.25) is 0 Å². The molecule has 0 aliphatic rings. The topological polar surface area (TPSA) is 66.4 Å². The number of amides is 1. The molecule has 2 N–H and O–H groups in total. The molecule has 0 fully saturated rings. The molecule has 7 heteroatoms. The number of benzene rings is 2. The molecule has 0 aliphatic carbocycles. The summed E-state index contributed by atoms with van der Waals surface area (Å²) in [5.74, 6) is -2.82. The molecule has 0 heterocycles. The minimum Gasteiger partial charge on any atom is -0.478 e. The molecule has 4 nitrogen and oxygen atoms in total. The van der Waals surface area contributed by atoms with Gasteiger partial charge in [-0.25, -0.2) is 9.18 Å². The molecule has 108 valence electrons. The fourth-order valence-electron chi connectivity index (χ4n) is 1.65. The summed E-state index contributed by atoms with van der Waals surface area (Å²) in [6.45, 7) is 0. The minimum absolute atomic E-state index is 0.183. The van der Waals surface area contributed by atoms with Crippen LogP contribution in [0.2, 0.25) is 5.02 Å². The van der Waals surface area contributed by atoms with Gasteiger partial charge in [0.05, 0.1) is 16.3 Å². The van der Waals surface area contributed by atoms with Crippen molar-refractivity contribution in [2.45, 2.75) is 0 Å². The number of carboxylic acid groups (broad SMARTS) is 1. The van der Waals surface area contributed by atoms with Crippen LogP contribution in [-0.4, -0.2) is 17.0 Å². The Labute approximate surface area is 132 Å². The van der Waals surface area contributed by atoms with Gasteiger partial charge in [-0.2, -0.15) is 0 Å². The molecule has 0 atom stereocenters. The zero-order valence-corrected chi connectivity index (χ0v) is 12.7. The van der Waals surface area contributed by atoms with E-state index in [1.807, 2.05) is 0 Å². The largest absolute Gasteiger partial charge is 0.478 e. The number of hydrogen-bond donors (Lipinski definition) is 2. The number of nitrogens with one attached hydrogen (secondary N) is 1. The Balaban J connectivity index is 2.36. The Morgan fingerprint density at radius 2 is 1.95 bits per heavy atom. The molecule has 0 aliphatic heterocycles. The summed E-state index contributed by atoms with van der Waals surface area (Å²) in [6.07, 6.45) is 0. The Morgan fingerprint density at radius 1 is 1.24 bits per heavy atom. The Hall–Kier alpha value is -1.92. The van der Waals surface area contributed by atoms with Crippen molar-refractivity contribution in [1.29, 1.82) is 0 Å². The second-order valence-electron chi connectivity index (χ2n) is 4.05. The number of carbonyl (C=O) groups is 2. The number of hydrogen-bond acceptors (Lipinski definition) is 2. The van der Waals surface area contributed by atoms with Crippen LogP contribution < -0.4 is 5.32 Å². The van der Waals surface area contributed by atoms with E-state index < -0.39 is 17.7 Å². The van der Waals surface area contributed by atoms with Crippen LogP contribution in [0.1, 0.15) is 20.7 Å². The van der Waals surface area contributed by atoms with Gasteiger partial charge in [0.1, 0.15) is 5.82 Å². The van der Waals surface area contributed by atoms with Crippen molar-refractivity contribution in [2.75, 3.05) is 5.32 Å². The Morgan fingerprint density at radius 3 is 2.57 bits per heavy atom. The summed E-state index contributed by atoms with van der Waals surface area (Å²) >= 11 is 9.07. The number of rotatable bonds is 3. The quantitative estimate of drug-likeness (QED) is 0.849. The molecule has 0 saturated carbocycles. The zero-order chi connectivity index (χ0) is 15.6. The molecule has 0 bridgehead atoms. The number of carboxylic acids is 1. The molecular weight excluding hydrogens is 365 g/mol. The van der Waals surface area contributed by atoms with Crippen LogP contribution in [-0.2, 0) is 0 Å². The van der Waals surface area contributed by atoms with Crippen molar-refractivity contribution in [3.8, 4) is 0 Å². The fraction of sp³-hybridized carbons (Fsp3) is 0. The summed E-state index contributed by atoms with van der Waals surface area (Å²) in [5.41, 5.74) is -0.525. The van der Waals surface area contributed by atoms with Gasteiger partial charge in [-0.3, -0.25) is 4.79 Å². The summed E-state index contributed by atoms with van der Waals surface area (Å²) in [4.78, 5) is 23.1. The van der Waals surface area contributed by atoms with Crippen molar-refractivity contribution in [3.63, 3.8) is 0 Å². The standard InChI is InChI=1S/C14H8BrClFNO3/c15-9-5-4-7(6-10(9)16)13(19)18-12-8(14(20)21)2-1-3-11(12)17/h1-6H,(H,18,19)(H,20,21). The first-order valence-corrected chi connectivity index (χ1v) is 6.85. The second kappa shape index (κ2) is 6.24. The lowest BCUT2D eigenvalue weighted by Crippen LogP contribution is -2.16. The molecule has 1 amide bonds. The van der Waals surface area contributed by atoms with E-state index in [0.29, 0.717) is 9.50 Å². The number of halogens is 3. The van der Waals surface area contributed by atoms with E-state index in [1.54, 1.807) is 6.07 Å². The zero-order valence-electron chi connectivity index (χ0n) is 10.4. The van der Waals surface area contributed by atoms with Gasteiger partial charge in [0, 0.05) is 10.0 Å². The summed E-state index contributed by atoms with van der Waals surface area (Å²) in [7, 11) is 0. The first-order chi connectivity index (χ1) is 9.90. The molecule has 0 aromatic heterocycles. The third-order valence-electron chi connectivity index (χ3n) is 2.66. The summed E-state index contributed by atoms with van der Waals surface area (Å²) in [5, 5.41) is 11.6. The monoisotopic (exact) mass is 371 g/mol. The van der Waals surface area contributed by atoms with Crippen molar-refractivity contribution in [2.24, 2.45) is 0 Å². The lowest BCUT2D eigenvalue weighted by molar-refractivity contribution is 0.0697. The number of aromatic carboxylic acids is 1. The van der Waals surface area contributed by atoms with Crippen LogP contribution in [0.5, 0.6) is 0 Å². The molecule has 2 aromatic rings. The highest BCUT2D eigenvalue weighted by Crippen LogP contribution is 2.25. The van der Waals surface area contributed by atoms with E-state index in [2.05, 4.69) is 21.2 Å². The van der Waals surface area contributed by atoms with Crippen LogP contribution in [0.25, 0.3) is 0 Å². The Bertz CT molecular complexity index is 736. The van der Waals surface area contributed by atoms with Crippen LogP contribution in [0, 0.1) is 5.82 Å². The van der Waals surface area contributed by atoms with Crippen LogP contribution >= 0.6 is 27.5 Å². The van der Waals surface area contributed by atoms with Gasteiger partial charge in [-0.15, -0.1) is 0 Å². The molecule has 0 spiro atoms. The van der Waals surface area contributed by atoms with Gasteiger partial charge >= 0.3 is 5.97 Å². The van der Waals surface area contributed by atoms with Crippen molar-refractivity contribution in [3.05, 3.63) is 62.8 Å². The predicted octanol–water partition coefficient (Wildman–Crippen LogP) is 4.19. The third-order valence-corrected chi connectivity index (χ3v) is 3.90. The first kappa shape index (κ1) is 15.5. The van der Waals surface area contributed by atoms with Gasteiger partial charge in [-0.1, -0.05) is 17.7 Å². The summed E-state index contributed by atoms with van der Waals surface area (Å²) < 4.78 is 14.3. The lowest BCUT2D eigenvalue weighted by Gasteiger charge is -2.10. The highest BCUT2D eigenvalue weighted by Gasteiger charge is 2.17. The van der Waals surface area contributed by atoms with Gasteiger partial charge in [-0.05, 0) is 46.3 Å². The van der Waals surface area contributed by atoms with Crippen molar-refractivity contribution in [1.82, 2.24) is 0 Å². The van der Waals surface area contributed by atoms with Gasteiger partial charge in [0.15, 0.2) is 0 Å². The van der Waals surface area contributed by atoms with Crippen LogP contribution in [0.15, 0.2) is 40.9 Å². The molecule has 2 rings (SSSR count). The highest BCUT2D eigenvalue weighted by atomic mass is 79.9. The van der Waals surface area contributed by atoms with E-state index in [4.69, 9.17) is 16.7 Å². The molecular formula is C14H8BrClFNO3. The smallest absolute Gasteiger partial charge is 0.337 e. The van der Waals surface area contributed by atoms with E-state index in [-0.39, 0.29) is 16.8 Å². The predicted molar refractivity (Wildman–Crippen MR) is 80.5 cm³/mol. The van der Waals surface area contributed by atoms with Crippen molar-refractivity contribution >= 4 is 45.1 Å². The molecule has 21 heavy (non-hydrogen) atoms. The average Bonchev–Trinajstić information content (AvgIpc) is 2.43. The van der Waals surface area contributed by atoms with E-state index in [1.165, 1.54) is 24.3 Å². The molecule has 0 radical (unpaired) electrons. The maximum absolute atomic E-state index is 13.7. The number of para-hydroxylation sites is 1. The van der Waals surface area contributed by atoms with Crippen molar-refractivity contribution < 1.29 is 19.1 Å². The third kappa shape index (κ3) is 3.40. The number of carbonyl (C=O) groups excluding carboxylic acids is 1. The second-order valence-corrected chi connectivity index (χ2v) is 5.31. The van der Waals surface area contributed by atoms with Gasteiger partial charge < -0.3 is 10.4 Å². The van der Waals surface area contributed by atoms with Crippen LogP contribution in [0.3, 0.4) is 0 Å². The lowest BCUT2D eigenvalue weighted by atomic mass is 10.1. The normalized spacial score (nSPS) is 10.2. The van der Waals surface area contributed by atoms with E-state index in [0.717, 1.165) is 6.07 Å². The van der Waals surface area contributed by atoms with Gasteiger partial charge in [0.25, 0.3) is 5.91 Å². The highest BCUT2D eigenvalue weighted by molar-refractivity contribution is 9.10. The van der Waals surface area contributed by atoms with E-state index in [9.17, 15) is 14.0 Å². The Kier molecular flexibility index (Phi) is 4.59. The first-order valence-electron chi connectivity index (χ1n) is 5.68. The molecule has 2 aromatic carbocycles. The van der Waals surface area contributed by atoms with Crippen LogP contribution in [0.4, 0.5) is 10.1 Å². The fourth-order valence-corrected chi connectivity index (χ4v) is 2.08. The number of anilines is 1. The maximum atomic E-state index is 13.7. The molecule has 0 unspecified atom stereocenters. The minimum atomic E-state index is -1.33. The SMILES string of the molecule is O=C(Nc1c(F)cccc1C(=O)O)c1ccc(Br)c(Cl)c1. The summed E-state index contributed by atoms with van der Waals surface area (Å²) in [6, 6.07) is 7.96. The maximum Gasteiger partial charge on any atom is 0.337 e. The van der Waals surface area contributed by atoms with E-state index >= 15 is 0 Å². The average molecular weight is 373 g/mol. The molecule has 0 saturated heterocycles.